The van der Waals surface area contributed by atoms with E-state index in [0.29, 0.717) is 5.41 Å². The van der Waals surface area contributed by atoms with Crippen molar-refractivity contribution < 1.29 is 5.11 Å². The van der Waals surface area contributed by atoms with Gasteiger partial charge in [-0.05, 0) is 97.2 Å². The van der Waals surface area contributed by atoms with Gasteiger partial charge in [-0.2, -0.15) is 0 Å². The highest BCUT2D eigenvalue weighted by Crippen LogP contribution is 2.68. The van der Waals surface area contributed by atoms with Gasteiger partial charge in [0.1, 0.15) is 0 Å². The molecule has 1 heteroatoms. The molecule has 0 bridgehead atoms. The lowest BCUT2D eigenvalue weighted by molar-refractivity contribution is -0.168. The van der Waals surface area contributed by atoms with Gasteiger partial charge in [0.2, 0.25) is 0 Å². The predicted octanol–water partition coefficient (Wildman–Crippen LogP) is 7.08. The van der Waals surface area contributed by atoms with E-state index in [2.05, 4.69) is 34.6 Å². The van der Waals surface area contributed by atoms with E-state index in [1.165, 1.54) is 64.2 Å². The lowest BCUT2D eigenvalue weighted by atomic mass is 9.44. The fraction of sp³-hybridized carbons (Fsp3) is 1.00. The molecule has 4 aliphatic carbocycles. The average Bonchev–Trinajstić information content (AvgIpc) is 2.99. The molecule has 9 atom stereocenters. The maximum Gasteiger partial charge on any atom is 0.0602 e. The standard InChI is InChI=1S/C26H46O/c1-17(2)9-10-18(3)21-13-14-22-20-12-11-19-8-6-7-15-25(19,4)23(20)16-24(27)26(21,22)5/h17-24,27H,6-16H2,1-5H3. The first-order valence-corrected chi connectivity index (χ1v) is 12.5. The van der Waals surface area contributed by atoms with Crippen molar-refractivity contribution in [3.63, 3.8) is 0 Å². The molecular weight excluding hydrogens is 328 g/mol. The summed E-state index contributed by atoms with van der Waals surface area (Å²) in [6.45, 7) is 12.3. The Morgan fingerprint density at radius 2 is 1.67 bits per heavy atom. The molecule has 0 aromatic carbocycles. The molecule has 9 unspecified atom stereocenters. The second kappa shape index (κ2) is 7.33. The van der Waals surface area contributed by atoms with Crippen LogP contribution >= 0.6 is 0 Å². The molecule has 1 nitrogen and oxygen atoms in total. The Hall–Kier alpha value is -0.0400. The fourth-order valence-electron chi connectivity index (χ4n) is 9.02. The maximum atomic E-state index is 11.6. The van der Waals surface area contributed by atoms with E-state index in [1.54, 1.807) is 0 Å². The van der Waals surface area contributed by atoms with Gasteiger partial charge >= 0.3 is 0 Å². The fourth-order valence-corrected chi connectivity index (χ4v) is 9.02. The summed E-state index contributed by atoms with van der Waals surface area (Å²) >= 11 is 0. The molecule has 0 aromatic rings. The van der Waals surface area contributed by atoms with Crippen molar-refractivity contribution in [1.82, 2.24) is 0 Å². The van der Waals surface area contributed by atoms with Crippen LogP contribution in [0.4, 0.5) is 0 Å². The quantitative estimate of drug-likeness (QED) is 0.557. The lowest BCUT2D eigenvalue weighted by Gasteiger charge is -2.62. The van der Waals surface area contributed by atoms with Gasteiger partial charge in [0.05, 0.1) is 6.10 Å². The lowest BCUT2D eigenvalue weighted by Crippen LogP contribution is -2.58. The van der Waals surface area contributed by atoms with Crippen LogP contribution in [-0.2, 0) is 0 Å². The van der Waals surface area contributed by atoms with E-state index in [-0.39, 0.29) is 11.5 Å². The summed E-state index contributed by atoms with van der Waals surface area (Å²) in [5.74, 6) is 5.77. The van der Waals surface area contributed by atoms with Crippen LogP contribution in [0.1, 0.15) is 105 Å². The van der Waals surface area contributed by atoms with Gasteiger partial charge in [0, 0.05) is 0 Å². The van der Waals surface area contributed by atoms with Crippen LogP contribution in [0.3, 0.4) is 0 Å². The highest BCUT2D eigenvalue weighted by Gasteiger charge is 2.63. The largest absolute Gasteiger partial charge is 0.393 e. The first-order chi connectivity index (χ1) is 12.8. The maximum absolute atomic E-state index is 11.6. The SMILES string of the molecule is CC(C)CCC(C)C1CCC2C3CCC4CCCCC4(C)C3CC(O)C12C. The monoisotopic (exact) mass is 374 g/mol. The Bertz CT molecular complexity index is 526. The zero-order valence-corrected chi connectivity index (χ0v) is 18.8. The molecule has 0 spiro atoms. The molecule has 156 valence electrons. The number of rotatable bonds is 4. The first-order valence-electron chi connectivity index (χ1n) is 12.5. The van der Waals surface area contributed by atoms with Crippen LogP contribution in [0.25, 0.3) is 0 Å². The van der Waals surface area contributed by atoms with Gasteiger partial charge in [-0.3, -0.25) is 0 Å². The minimum Gasteiger partial charge on any atom is -0.393 e. The van der Waals surface area contributed by atoms with E-state index in [9.17, 15) is 5.11 Å². The number of hydrogen-bond acceptors (Lipinski definition) is 1. The normalized spacial score (nSPS) is 50.8. The van der Waals surface area contributed by atoms with Crippen molar-refractivity contribution in [1.29, 1.82) is 0 Å². The summed E-state index contributed by atoms with van der Waals surface area (Å²) in [5, 5.41) is 11.6. The third-order valence-electron chi connectivity index (χ3n) is 10.6. The molecule has 1 N–H and O–H groups in total. The van der Waals surface area contributed by atoms with Crippen molar-refractivity contribution >= 4 is 0 Å². The molecule has 4 saturated carbocycles. The molecule has 0 aromatic heterocycles. The Labute approximate surface area is 169 Å². The van der Waals surface area contributed by atoms with Crippen molar-refractivity contribution in [2.75, 3.05) is 0 Å². The van der Waals surface area contributed by atoms with Gasteiger partial charge < -0.3 is 5.11 Å². The Morgan fingerprint density at radius 3 is 2.41 bits per heavy atom. The number of aliphatic hydroxyl groups excluding tert-OH is 1. The Kier molecular flexibility index (Phi) is 5.50. The van der Waals surface area contributed by atoms with Crippen LogP contribution in [0, 0.1) is 52.3 Å². The van der Waals surface area contributed by atoms with Gasteiger partial charge in [-0.25, -0.2) is 0 Å². The molecule has 4 rings (SSSR count). The zero-order valence-electron chi connectivity index (χ0n) is 18.8. The van der Waals surface area contributed by atoms with Crippen LogP contribution in [0.2, 0.25) is 0 Å². The molecule has 4 fully saturated rings. The van der Waals surface area contributed by atoms with Crippen LogP contribution in [0.5, 0.6) is 0 Å². The Balaban J connectivity index is 1.56. The highest BCUT2D eigenvalue weighted by molar-refractivity contribution is 5.12. The third kappa shape index (κ3) is 3.13. The summed E-state index contributed by atoms with van der Waals surface area (Å²) in [5.41, 5.74) is 0.722. The average molecular weight is 375 g/mol. The molecule has 0 amide bonds. The molecule has 0 radical (unpaired) electrons. The van der Waals surface area contributed by atoms with E-state index in [4.69, 9.17) is 0 Å². The van der Waals surface area contributed by atoms with Crippen molar-refractivity contribution in [3.05, 3.63) is 0 Å². The van der Waals surface area contributed by atoms with Crippen molar-refractivity contribution in [3.8, 4) is 0 Å². The number of hydrogen-bond donors (Lipinski definition) is 1. The van der Waals surface area contributed by atoms with Crippen molar-refractivity contribution in [2.45, 2.75) is 111 Å². The van der Waals surface area contributed by atoms with Gasteiger partial charge in [-0.15, -0.1) is 0 Å². The smallest absolute Gasteiger partial charge is 0.0602 e. The summed E-state index contributed by atoms with van der Waals surface area (Å²) < 4.78 is 0. The van der Waals surface area contributed by atoms with E-state index in [1.807, 2.05) is 0 Å². The molecule has 0 aliphatic heterocycles. The summed E-state index contributed by atoms with van der Waals surface area (Å²) in [7, 11) is 0. The second-order valence-corrected chi connectivity index (χ2v) is 12.2. The summed E-state index contributed by atoms with van der Waals surface area (Å²) in [6.07, 6.45) is 15.3. The number of fused-ring (bicyclic) bond motifs is 5. The highest BCUT2D eigenvalue weighted by atomic mass is 16.3. The van der Waals surface area contributed by atoms with E-state index < -0.39 is 0 Å². The predicted molar refractivity (Wildman–Crippen MR) is 114 cm³/mol. The molecule has 0 saturated heterocycles. The zero-order chi connectivity index (χ0) is 19.4. The summed E-state index contributed by atoms with van der Waals surface area (Å²) in [4.78, 5) is 0. The molecular formula is C26H46O. The van der Waals surface area contributed by atoms with Gasteiger partial charge in [-0.1, -0.05) is 60.3 Å². The van der Waals surface area contributed by atoms with Gasteiger partial charge in [0.15, 0.2) is 0 Å². The molecule has 4 aliphatic rings. The number of aliphatic hydroxyl groups is 1. The molecule has 27 heavy (non-hydrogen) atoms. The van der Waals surface area contributed by atoms with Crippen LogP contribution in [-0.4, -0.2) is 11.2 Å². The van der Waals surface area contributed by atoms with Crippen LogP contribution < -0.4 is 0 Å². The third-order valence-corrected chi connectivity index (χ3v) is 10.6. The van der Waals surface area contributed by atoms with Crippen molar-refractivity contribution in [2.24, 2.45) is 52.3 Å². The minimum absolute atomic E-state index is 0.0600. The van der Waals surface area contributed by atoms with E-state index >= 15 is 0 Å². The van der Waals surface area contributed by atoms with Gasteiger partial charge in [0.25, 0.3) is 0 Å². The Morgan fingerprint density at radius 1 is 0.889 bits per heavy atom. The first kappa shape index (κ1) is 20.2. The topological polar surface area (TPSA) is 20.2 Å². The summed E-state index contributed by atoms with van der Waals surface area (Å²) in [6, 6.07) is 0. The van der Waals surface area contributed by atoms with Crippen LogP contribution in [0.15, 0.2) is 0 Å². The second-order valence-electron chi connectivity index (χ2n) is 12.2. The van der Waals surface area contributed by atoms with E-state index in [0.717, 1.165) is 47.8 Å². The minimum atomic E-state index is -0.0600. The molecule has 0 heterocycles.